The average Bonchev–Trinajstić information content (AvgIpc) is 3.63. The van der Waals surface area contributed by atoms with Gasteiger partial charge in [-0.2, -0.15) is 0 Å². The summed E-state index contributed by atoms with van der Waals surface area (Å²) in [7, 11) is 0. The molecule has 0 spiro atoms. The maximum atomic E-state index is 11.6. The van der Waals surface area contributed by atoms with E-state index in [4.69, 9.17) is 14.2 Å². The normalized spacial score (nSPS) is 25.2. The minimum atomic E-state index is -0.00864. The van der Waals surface area contributed by atoms with Gasteiger partial charge >= 0.3 is 5.97 Å². The maximum Gasteiger partial charge on any atom is 0.305 e. The Morgan fingerprint density at radius 2 is 1.17 bits per heavy atom. The summed E-state index contributed by atoms with van der Waals surface area (Å²) in [5, 5.41) is 0. The molecule has 0 aromatic heterocycles. The Morgan fingerprint density at radius 1 is 0.655 bits per heavy atom. The van der Waals surface area contributed by atoms with Gasteiger partial charge in [-0.3, -0.25) is 4.79 Å². The standard InChI is InChI=1S/C25H46O4/c1-3-5-7-15-19-27-25(26)18-14-11-9-8-10-13-17-22-24(29-22)20-23-21(28-23)16-12-6-4-2/h21-24H,3-20H2,1-2H3. The lowest BCUT2D eigenvalue weighted by molar-refractivity contribution is -0.143. The number of ether oxygens (including phenoxy) is 3. The Bertz CT molecular complexity index is 425. The fraction of sp³-hybridized carbons (Fsp3) is 0.960. The third kappa shape index (κ3) is 12.0. The van der Waals surface area contributed by atoms with Crippen molar-refractivity contribution in [1.29, 1.82) is 0 Å². The molecule has 0 N–H and O–H groups in total. The predicted molar refractivity (Wildman–Crippen MR) is 118 cm³/mol. The van der Waals surface area contributed by atoms with E-state index in [-0.39, 0.29) is 5.97 Å². The van der Waals surface area contributed by atoms with Gasteiger partial charge in [0.05, 0.1) is 31.0 Å². The molecule has 4 heteroatoms. The molecule has 0 aliphatic carbocycles. The van der Waals surface area contributed by atoms with Crippen molar-refractivity contribution in [3.8, 4) is 0 Å². The van der Waals surface area contributed by atoms with Gasteiger partial charge in [-0.1, -0.05) is 84.5 Å². The van der Waals surface area contributed by atoms with Crippen LogP contribution in [0.4, 0.5) is 0 Å². The second-order valence-electron chi connectivity index (χ2n) is 9.10. The van der Waals surface area contributed by atoms with Gasteiger partial charge in [0.25, 0.3) is 0 Å². The van der Waals surface area contributed by atoms with E-state index >= 15 is 0 Å². The minimum absolute atomic E-state index is 0.00864. The lowest BCUT2D eigenvalue weighted by atomic mass is 10.0. The third-order valence-electron chi connectivity index (χ3n) is 6.31. The molecular formula is C25H46O4. The summed E-state index contributed by atoms with van der Waals surface area (Å²) in [6.07, 6.45) is 21.9. The van der Waals surface area contributed by atoms with Crippen LogP contribution < -0.4 is 0 Å². The zero-order valence-corrected chi connectivity index (χ0v) is 19.2. The first-order valence-corrected chi connectivity index (χ1v) is 12.7. The van der Waals surface area contributed by atoms with Crippen molar-refractivity contribution in [3.63, 3.8) is 0 Å². The molecule has 2 fully saturated rings. The second-order valence-corrected chi connectivity index (χ2v) is 9.10. The molecule has 4 unspecified atom stereocenters. The van der Waals surface area contributed by atoms with E-state index in [1.165, 1.54) is 77.0 Å². The van der Waals surface area contributed by atoms with Crippen molar-refractivity contribution in [1.82, 2.24) is 0 Å². The average molecular weight is 411 g/mol. The van der Waals surface area contributed by atoms with Crippen LogP contribution in [0.3, 0.4) is 0 Å². The molecule has 29 heavy (non-hydrogen) atoms. The molecule has 0 aromatic rings. The van der Waals surface area contributed by atoms with Crippen molar-refractivity contribution >= 4 is 5.97 Å². The number of esters is 1. The van der Waals surface area contributed by atoms with E-state index in [1.54, 1.807) is 0 Å². The first-order chi connectivity index (χ1) is 14.2. The van der Waals surface area contributed by atoms with Gasteiger partial charge in [0.15, 0.2) is 0 Å². The first-order valence-electron chi connectivity index (χ1n) is 12.7. The zero-order chi connectivity index (χ0) is 20.7. The summed E-state index contributed by atoms with van der Waals surface area (Å²) in [5.74, 6) is -0.00864. The van der Waals surface area contributed by atoms with Gasteiger partial charge in [-0.05, 0) is 25.7 Å². The molecule has 0 saturated carbocycles. The molecule has 2 rings (SSSR count). The SMILES string of the molecule is CCCCCCOC(=O)CCCCCCCCC1OC1CC1OC1CCCCC. The molecule has 2 aliphatic heterocycles. The summed E-state index contributed by atoms with van der Waals surface area (Å²) < 4.78 is 16.9. The van der Waals surface area contributed by atoms with Crippen LogP contribution in [0, 0.1) is 0 Å². The van der Waals surface area contributed by atoms with Gasteiger partial charge in [0.2, 0.25) is 0 Å². The van der Waals surface area contributed by atoms with Gasteiger partial charge in [0.1, 0.15) is 0 Å². The van der Waals surface area contributed by atoms with Crippen LogP contribution in [0.25, 0.3) is 0 Å². The number of hydrogen-bond acceptors (Lipinski definition) is 4. The monoisotopic (exact) mass is 410 g/mol. The highest BCUT2D eigenvalue weighted by atomic mass is 16.6. The molecule has 2 aliphatic rings. The van der Waals surface area contributed by atoms with Crippen LogP contribution in [0.5, 0.6) is 0 Å². The summed E-state index contributed by atoms with van der Waals surface area (Å²) in [6, 6.07) is 0. The Labute approximate surface area is 179 Å². The summed E-state index contributed by atoms with van der Waals surface area (Å²) in [4.78, 5) is 11.6. The third-order valence-corrected chi connectivity index (χ3v) is 6.31. The van der Waals surface area contributed by atoms with Crippen molar-refractivity contribution in [2.24, 2.45) is 0 Å². The second kappa shape index (κ2) is 15.2. The molecule has 2 saturated heterocycles. The summed E-state index contributed by atoms with van der Waals surface area (Å²) >= 11 is 0. The van der Waals surface area contributed by atoms with Crippen molar-refractivity contribution in [2.75, 3.05) is 6.61 Å². The summed E-state index contributed by atoms with van der Waals surface area (Å²) in [6.45, 7) is 5.05. The van der Waals surface area contributed by atoms with Crippen LogP contribution in [-0.4, -0.2) is 37.0 Å². The van der Waals surface area contributed by atoms with Gasteiger partial charge in [-0.25, -0.2) is 0 Å². The predicted octanol–water partition coefficient (Wildman–Crippen LogP) is 6.74. The number of unbranched alkanes of at least 4 members (excludes halogenated alkanes) is 10. The number of hydrogen-bond donors (Lipinski definition) is 0. The zero-order valence-electron chi connectivity index (χ0n) is 19.2. The van der Waals surface area contributed by atoms with Gasteiger partial charge in [-0.15, -0.1) is 0 Å². The topological polar surface area (TPSA) is 51.4 Å². The van der Waals surface area contributed by atoms with Crippen LogP contribution in [0.1, 0.15) is 123 Å². The smallest absolute Gasteiger partial charge is 0.305 e. The largest absolute Gasteiger partial charge is 0.466 e. The lowest BCUT2D eigenvalue weighted by Gasteiger charge is -2.04. The highest BCUT2D eigenvalue weighted by Gasteiger charge is 2.47. The van der Waals surface area contributed by atoms with Crippen LogP contribution in [-0.2, 0) is 19.0 Å². The van der Waals surface area contributed by atoms with E-state index < -0.39 is 0 Å². The van der Waals surface area contributed by atoms with Crippen molar-refractivity contribution in [3.05, 3.63) is 0 Å². The van der Waals surface area contributed by atoms with Crippen LogP contribution >= 0.6 is 0 Å². The molecule has 0 aromatic carbocycles. The van der Waals surface area contributed by atoms with Crippen molar-refractivity contribution in [2.45, 2.75) is 147 Å². The molecule has 4 atom stereocenters. The number of epoxide rings is 2. The fourth-order valence-corrected chi connectivity index (χ4v) is 4.21. The maximum absolute atomic E-state index is 11.6. The minimum Gasteiger partial charge on any atom is -0.466 e. The Hall–Kier alpha value is -0.610. The number of rotatable bonds is 20. The quantitative estimate of drug-likeness (QED) is 0.127. The number of carbonyl (C=O) groups excluding carboxylic acids is 1. The summed E-state index contributed by atoms with van der Waals surface area (Å²) in [5.41, 5.74) is 0. The molecule has 0 radical (unpaired) electrons. The fourth-order valence-electron chi connectivity index (χ4n) is 4.21. The molecular weight excluding hydrogens is 364 g/mol. The van der Waals surface area contributed by atoms with Crippen molar-refractivity contribution < 1.29 is 19.0 Å². The van der Waals surface area contributed by atoms with Crippen LogP contribution in [0.2, 0.25) is 0 Å². The van der Waals surface area contributed by atoms with E-state index in [0.29, 0.717) is 37.4 Å². The van der Waals surface area contributed by atoms with Crippen LogP contribution in [0.15, 0.2) is 0 Å². The molecule has 0 bridgehead atoms. The Kier molecular flexibility index (Phi) is 12.9. The highest BCUT2D eigenvalue weighted by Crippen LogP contribution is 2.39. The van der Waals surface area contributed by atoms with E-state index in [2.05, 4.69) is 13.8 Å². The van der Waals surface area contributed by atoms with E-state index in [0.717, 1.165) is 25.7 Å². The number of carbonyl (C=O) groups is 1. The first kappa shape index (κ1) is 24.7. The highest BCUT2D eigenvalue weighted by molar-refractivity contribution is 5.69. The van der Waals surface area contributed by atoms with Gasteiger partial charge < -0.3 is 14.2 Å². The molecule has 4 nitrogen and oxygen atoms in total. The Balaban J connectivity index is 1.29. The lowest BCUT2D eigenvalue weighted by Crippen LogP contribution is -2.05. The molecule has 0 amide bonds. The Morgan fingerprint density at radius 3 is 1.83 bits per heavy atom. The molecule has 2 heterocycles. The molecule has 170 valence electrons. The van der Waals surface area contributed by atoms with Gasteiger partial charge in [0, 0.05) is 12.8 Å². The van der Waals surface area contributed by atoms with E-state index in [1.807, 2.05) is 0 Å². The van der Waals surface area contributed by atoms with E-state index in [9.17, 15) is 4.79 Å².